The molecule has 0 aromatic heterocycles. The lowest BCUT2D eigenvalue weighted by Crippen LogP contribution is -2.44. The first-order valence-electron chi connectivity index (χ1n) is 10.4. The van der Waals surface area contributed by atoms with Crippen molar-refractivity contribution in [3.63, 3.8) is 0 Å². The fourth-order valence-corrected chi connectivity index (χ4v) is 3.68. The van der Waals surface area contributed by atoms with E-state index in [4.69, 9.17) is 4.74 Å². The smallest absolute Gasteiger partial charge is 0.251 e. The number of rotatable bonds is 6. The van der Waals surface area contributed by atoms with E-state index in [1.807, 2.05) is 18.2 Å². The summed E-state index contributed by atoms with van der Waals surface area (Å²) in [6.45, 7) is -0.241. The number of carbonyl (C=O) groups excluding carboxylic acids is 2. The molecule has 0 bridgehead atoms. The third-order valence-corrected chi connectivity index (χ3v) is 5.39. The van der Waals surface area contributed by atoms with Crippen LogP contribution in [0.25, 0.3) is 12.2 Å². The molecule has 2 amide bonds. The zero-order valence-electron chi connectivity index (χ0n) is 18.0. The number of hydrogen-bond donors (Lipinski definition) is 5. The van der Waals surface area contributed by atoms with Crippen LogP contribution in [0.5, 0.6) is 0 Å². The quantitative estimate of drug-likeness (QED) is 0.428. The van der Waals surface area contributed by atoms with Crippen LogP contribution in [0.15, 0.2) is 42.5 Å². The first-order valence-corrected chi connectivity index (χ1v) is 10.4. The van der Waals surface area contributed by atoms with Gasteiger partial charge in [-0.1, -0.05) is 30.4 Å². The van der Waals surface area contributed by atoms with Gasteiger partial charge in [0.1, 0.15) is 12.2 Å². The molecule has 0 spiro atoms. The van der Waals surface area contributed by atoms with Crippen LogP contribution in [0.1, 0.15) is 49.9 Å². The van der Waals surface area contributed by atoms with E-state index in [2.05, 4.69) is 10.6 Å². The van der Waals surface area contributed by atoms with E-state index in [-0.39, 0.29) is 24.8 Å². The summed E-state index contributed by atoms with van der Waals surface area (Å²) in [4.78, 5) is 24.2. The van der Waals surface area contributed by atoms with Crippen LogP contribution in [-0.2, 0) is 4.74 Å². The Labute approximate surface area is 186 Å². The fraction of sp³-hybridized carbons (Fsp3) is 0.333. The summed E-state index contributed by atoms with van der Waals surface area (Å²) in [7, 11) is 3.05. The minimum atomic E-state index is -1.10. The molecule has 0 radical (unpaired) electrons. The maximum atomic E-state index is 12.1. The summed E-state index contributed by atoms with van der Waals surface area (Å²) in [5, 5.41) is 35.0. The van der Waals surface area contributed by atoms with Crippen LogP contribution in [0.3, 0.4) is 0 Å². The van der Waals surface area contributed by atoms with Gasteiger partial charge in [0.25, 0.3) is 11.8 Å². The van der Waals surface area contributed by atoms with Gasteiger partial charge in [0.2, 0.25) is 0 Å². The van der Waals surface area contributed by atoms with Crippen molar-refractivity contribution in [2.75, 3.05) is 20.7 Å². The summed E-state index contributed by atoms with van der Waals surface area (Å²) in [5.41, 5.74) is 2.86. The minimum Gasteiger partial charge on any atom is -0.394 e. The van der Waals surface area contributed by atoms with Crippen molar-refractivity contribution in [3.8, 4) is 0 Å². The molecule has 2 aromatic carbocycles. The fourth-order valence-electron chi connectivity index (χ4n) is 3.68. The number of benzene rings is 2. The lowest BCUT2D eigenvalue weighted by Gasteiger charge is -2.36. The number of aliphatic hydroxyl groups is 3. The molecule has 1 heterocycles. The highest BCUT2D eigenvalue weighted by molar-refractivity contribution is 6.00. The molecular formula is C24H28N2O6. The van der Waals surface area contributed by atoms with E-state index in [1.165, 1.54) is 20.2 Å². The van der Waals surface area contributed by atoms with Crippen molar-refractivity contribution >= 4 is 24.0 Å². The lowest BCUT2D eigenvalue weighted by molar-refractivity contribution is -0.179. The van der Waals surface area contributed by atoms with Gasteiger partial charge in [-0.05, 0) is 41.0 Å². The van der Waals surface area contributed by atoms with Crippen LogP contribution < -0.4 is 10.6 Å². The zero-order chi connectivity index (χ0) is 23.3. The van der Waals surface area contributed by atoms with Gasteiger partial charge in [0.05, 0.1) is 18.8 Å². The number of carbonyl (C=O) groups is 2. The summed E-state index contributed by atoms with van der Waals surface area (Å²) in [6.07, 6.45) is 0.366. The molecule has 1 saturated heterocycles. The van der Waals surface area contributed by atoms with E-state index < -0.39 is 24.4 Å². The third kappa shape index (κ3) is 5.41. The standard InChI is InChI=1S/C24H28N2O6/c1-25-23(30)17-9-15(10-18(11-17)24(31)26-2)7-6-14-4-3-5-16(8-14)22-21(29)20(28)12-19(13-27)32-22/h3-11,19-22,27-29H,12-13H2,1-2H3,(H,25,30)(H,26,31). The van der Waals surface area contributed by atoms with E-state index >= 15 is 0 Å². The molecule has 0 aliphatic carbocycles. The van der Waals surface area contributed by atoms with E-state index in [9.17, 15) is 24.9 Å². The highest BCUT2D eigenvalue weighted by Crippen LogP contribution is 2.32. The second kappa shape index (κ2) is 10.5. The number of amides is 2. The molecule has 5 N–H and O–H groups in total. The monoisotopic (exact) mass is 440 g/mol. The largest absolute Gasteiger partial charge is 0.394 e. The van der Waals surface area contributed by atoms with Crippen LogP contribution in [0.4, 0.5) is 0 Å². The van der Waals surface area contributed by atoms with Gasteiger partial charge >= 0.3 is 0 Å². The van der Waals surface area contributed by atoms with Gasteiger partial charge in [-0.25, -0.2) is 0 Å². The maximum absolute atomic E-state index is 12.1. The number of aliphatic hydroxyl groups excluding tert-OH is 3. The van der Waals surface area contributed by atoms with Crippen LogP contribution in [0.2, 0.25) is 0 Å². The van der Waals surface area contributed by atoms with Crippen molar-refractivity contribution in [1.82, 2.24) is 10.6 Å². The molecule has 4 atom stereocenters. The first kappa shape index (κ1) is 23.6. The van der Waals surface area contributed by atoms with Gasteiger partial charge in [0.15, 0.2) is 0 Å². The van der Waals surface area contributed by atoms with Crippen molar-refractivity contribution in [3.05, 3.63) is 70.3 Å². The number of nitrogens with one attached hydrogen (secondary N) is 2. The Balaban J connectivity index is 1.89. The van der Waals surface area contributed by atoms with Gasteiger partial charge < -0.3 is 30.7 Å². The van der Waals surface area contributed by atoms with Crippen LogP contribution in [0, 0.1) is 0 Å². The van der Waals surface area contributed by atoms with Gasteiger partial charge in [-0.2, -0.15) is 0 Å². The molecule has 3 rings (SSSR count). The normalized spacial score (nSPS) is 23.2. The summed E-state index contributed by atoms with van der Waals surface area (Å²) < 4.78 is 5.76. The lowest BCUT2D eigenvalue weighted by atomic mass is 9.92. The van der Waals surface area contributed by atoms with Gasteiger partial charge in [0, 0.05) is 31.6 Å². The highest BCUT2D eigenvalue weighted by atomic mass is 16.5. The van der Waals surface area contributed by atoms with Crippen LogP contribution >= 0.6 is 0 Å². The Bertz CT molecular complexity index is 971. The summed E-state index contributed by atoms with van der Waals surface area (Å²) >= 11 is 0. The molecule has 170 valence electrons. The zero-order valence-corrected chi connectivity index (χ0v) is 18.0. The second-order valence-corrected chi connectivity index (χ2v) is 7.66. The molecular weight excluding hydrogens is 412 g/mol. The topological polar surface area (TPSA) is 128 Å². The average molecular weight is 440 g/mol. The highest BCUT2D eigenvalue weighted by Gasteiger charge is 2.37. The number of ether oxygens (including phenoxy) is 1. The Hall–Kier alpha value is -3.04. The van der Waals surface area contributed by atoms with Crippen molar-refractivity contribution in [2.45, 2.75) is 30.8 Å². The molecule has 32 heavy (non-hydrogen) atoms. The maximum Gasteiger partial charge on any atom is 0.251 e. The second-order valence-electron chi connectivity index (χ2n) is 7.66. The third-order valence-electron chi connectivity index (χ3n) is 5.39. The summed E-state index contributed by atoms with van der Waals surface area (Å²) in [5.74, 6) is -0.597. The van der Waals surface area contributed by atoms with Crippen molar-refractivity contribution < 1.29 is 29.6 Å². The predicted octanol–water partition coefficient (Wildman–Crippen LogP) is 1.12. The molecule has 1 aliphatic rings. The predicted molar refractivity (Wildman–Crippen MR) is 120 cm³/mol. The Morgan fingerprint density at radius 2 is 1.62 bits per heavy atom. The molecule has 1 fully saturated rings. The molecule has 1 aliphatic heterocycles. The number of hydrogen-bond acceptors (Lipinski definition) is 6. The SMILES string of the molecule is CNC(=O)c1cc(C=Cc2cccc(C3OC(CO)CC(O)C3O)c2)cc(C(=O)NC)c1. The molecule has 8 nitrogen and oxygen atoms in total. The first-order chi connectivity index (χ1) is 15.4. The molecule has 8 heteroatoms. The molecule has 4 unspecified atom stereocenters. The Kier molecular flexibility index (Phi) is 7.76. The van der Waals surface area contributed by atoms with Crippen molar-refractivity contribution in [2.24, 2.45) is 0 Å². The van der Waals surface area contributed by atoms with Gasteiger partial charge in [-0.15, -0.1) is 0 Å². The van der Waals surface area contributed by atoms with Crippen molar-refractivity contribution in [1.29, 1.82) is 0 Å². The Morgan fingerprint density at radius 1 is 1.00 bits per heavy atom. The summed E-state index contributed by atoms with van der Waals surface area (Å²) in [6, 6.07) is 12.2. The minimum absolute atomic E-state index is 0.170. The Morgan fingerprint density at radius 3 is 2.22 bits per heavy atom. The van der Waals surface area contributed by atoms with E-state index in [0.29, 0.717) is 22.3 Å². The average Bonchev–Trinajstić information content (AvgIpc) is 2.83. The van der Waals surface area contributed by atoms with Crippen LogP contribution in [-0.4, -0.2) is 66.1 Å². The van der Waals surface area contributed by atoms with Gasteiger partial charge in [-0.3, -0.25) is 9.59 Å². The molecule has 0 saturated carbocycles. The van der Waals surface area contributed by atoms with E-state index in [1.54, 1.807) is 30.3 Å². The molecule has 2 aromatic rings. The van der Waals surface area contributed by atoms with E-state index in [0.717, 1.165) is 5.56 Å².